The number of pyridine rings is 1. The highest BCUT2D eigenvalue weighted by Gasteiger charge is 2.21. The van der Waals surface area contributed by atoms with Crippen LogP contribution in [0, 0.1) is 0 Å². The van der Waals surface area contributed by atoms with Crippen molar-refractivity contribution >= 4 is 16.9 Å². The maximum Gasteiger partial charge on any atom is 0.225 e. The maximum atomic E-state index is 13.2. The molecular weight excluding hydrogens is 464 g/mol. The average molecular weight is 493 g/mol. The largest absolute Gasteiger partial charge is 0.496 e. The van der Waals surface area contributed by atoms with Crippen molar-refractivity contribution in [1.29, 1.82) is 0 Å². The van der Waals surface area contributed by atoms with Gasteiger partial charge in [-0.1, -0.05) is 54.6 Å². The number of aliphatic hydroxyl groups excluding tert-OH is 1. The second-order valence-electron chi connectivity index (χ2n) is 8.87. The van der Waals surface area contributed by atoms with Crippen molar-refractivity contribution in [2.75, 3.05) is 13.7 Å². The van der Waals surface area contributed by atoms with Crippen LogP contribution in [0.15, 0.2) is 108 Å². The molecule has 0 fully saturated rings. The van der Waals surface area contributed by atoms with Gasteiger partial charge in [-0.15, -0.1) is 0 Å². The van der Waals surface area contributed by atoms with Crippen LogP contribution in [-0.2, 0) is 11.2 Å². The SMILES string of the molecule is COc1ccccc1C(NC(=O)Cc1ccc2oc(C(CO)c3ccncc3)cc2c1)c1ccccc1. The molecule has 186 valence electrons. The number of hydrogen-bond donors (Lipinski definition) is 2. The van der Waals surface area contributed by atoms with E-state index in [0.29, 0.717) is 11.3 Å². The lowest BCUT2D eigenvalue weighted by Gasteiger charge is -2.22. The molecule has 0 saturated heterocycles. The molecule has 2 unspecified atom stereocenters. The number of nitrogens with one attached hydrogen (secondary N) is 1. The highest BCUT2D eigenvalue weighted by molar-refractivity contribution is 5.83. The Morgan fingerprint density at radius 3 is 2.46 bits per heavy atom. The van der Waals surface area contributed by atoms with Gasteiger partial charge in [0, 0.05) is 23.3 Å². The van der Waals surface area contributed by atoms with Crippen LogP contribution in [-0.4, -0.2) is 29.7 Å². The van der Waals surface area contributed by atoms with E-state index in [2.05, 4.69) is 10.3 Å². The predicted molar refractivity (Wildman–Crippen MR) is 143 cm³/mol. The number of aliphatic hydroxyl groups is 1. The Hall–Kier alpha value is -4.42. The second-order valence-corrected chi connectivity index (χ2v) is 8.87. The highest BCUT2D eigenvalue weighted by atomic mass is 16.5. The Bertz CT molecular complexity index is 1480. The third-order valence-corrected chi connectivity index (χ3v) is 6.49. The van der Waals surface area contributed by atoms with Gasteiger partial charge in [-0.05, 0) is 53.1 Å². The lowest BCUT2D eigenvalue weighted by molar-refractivity contribution is -0.120. The summed E-state index contributed by atoms with van der Waals surface area (Å²) in [4.78, 5) is 17.3. The molecule has 2 atom stereocenters. The van der Waals surface area contributed by atoms with Crippen molar-refractivity contribution in [3.05, 3.63) is 131 Å². The summed E-state index contributed by atoms with van der Waals surface area (Å²) in [6.45, 7) is -0.0804. The van der Waals surface area contributed by atoms with Crippen molar-refractivity contribution in [1.82, 2.24) is 10.3 Å². The van der Waals surface area contributed by atoms with E-state index in [4.69, 9.17) is 9.15 Å². The monoisotopic (exact) mass is 492 g/mol. The fraction of sp³-hybridized carbons (Fsp3) is 0.161. The molecule has 1 amide bonds. The summed E-state index contributed by atoms with van der Waals surface area (Å²) in [7, 11) is 1.63. The zero-order valence-corrected chi connectivity index (χ0v) is 20.5. The van der Waals surface area contributed by atoms with Gasteiger partial charge in [0.05, 0.1) is 32.1 Å². The van der Waals surface area contributed by atoms with Crippen molar-refractivity contribution in [2.45, 2.75) is 18.4 Å². The molecule has 2 aromatic heterocycles. The third kappa shape index (κ3) is 5.39. The van der Waals surface area contributed by atoms with Crippen LogP contribution in [0.2, 0.25) is 0 Å². The molecule has 37 heavy (non-hydrogen) atoms. The van der Waals surface area contributed by atoms with E-state index >= 15 is 0 Å². The van der Waals surface area contributed by atoms with Gasteiger partial charge in [-0.25, -0.2) is 0 Å². The van der Waals surface area contributed by atoms with Gasteiger partial charge < -0.3 is 19.6 Å². The molecule has 0 aliphatic carbocycles. The van der Waals surface area contributed by atoms with Crippen LogP contribution in [0.1, 0.15) is 40.0 Å². The van der Waals surface area contributed by atoms with Gasteiger partial charge in [0.1, 0.15) is 17.1 Å². The van der Waals surface area contributed by atoms with Crippen LogP contribution >= 0.6 is 0 Å². The van der Waals surface area contributed by atoms with Crippen molar-refractivity contribution in [3.8, 4) is 5.75 Å². The van der Waals surface area contributed by atoms with Gasteiger partial charge in [-0.3, -0.25) is 9.78 Å². The summed E-state index contributed by atoms with van der Waals surface area (Å²) in [5.41, 5.74) is 4.38. The summed E-state index contributed by atoms with van der Waals surface area (Å²) in [6.07, 6.45) is 3.61. The number of furan rings is 1. The normalized spacial score (nSPS) is 12.7. The zero-order valence-electron chi connectivity index (χ0n) is 20.5. The van der Waals surface area contributed by atoms with Gasteiger partial charge in [0.15, 0.2) is 0 Å². The predicted octanol–water partition coefficient (Wildman–Crippen LogP) is 5.41. The molecule has 5 rings (SSSR count). The first-order valence-corrected chi connectivity index (χ1v) is 12.2. The van der Waals surface area contributed by atoms with Gasteiger partial charge >= 0.3 is 0 Å². The van der Waals surface area contributed by atoms with Crippen molar-refractivity contribution in [3.63, 3.8) is 0 Å². The Balaban J connectivity index is 1.38. The number of methoxy groups -OCH3 is 1. The van der Waals surface area contributed by atoms with Gasteiger partial charge in [0.2, 0.25) is 5.91 Å². The number of amides is 1. The van der Waals surface area contributed by atoms with Gasteiger partial charge in [-0.2, -0.15) is 0 Å². The number of benzene rings is 3. The summed E-state index contributed by atoms with van der Waals surface area (Å²) >= 11 is 0. The highest BCUT2D eigenvalue weighted by Crippen LogP contribution is 2.31. The Morgan fingerprint density at radius 2 is 1.70 bits per heavy atom. The van der Waals surface area contributed by atoms with Gasteiger partial charge in [0.25, 0.3) is 0 Å². The van der Waals surface area contributed by atoms with E-state index < -0.39 is 0 Å². The first-order valence-electron chi connectivity index (χ1n) is 12.2. The lowest BCUT2D eigenvalue weighted by atomic mass is 9.97. The Labute approximate surface area is 215 Å². The van der Waals surface area contributed by atoms with Crippen LogP contribution in [0.4, 0.5) is 0 Å². The molecule has 2 N–H and O–H groups in total. The molecular formula is C31H28N2O4. The molecule has 2 heterocycles. The number of carbonyl (C=O) groups is 1. The first-order chi connectivity index (χ1) is 18.2. The number of fused-ring (bicyclic) bond motifs is 1. The molecule has 0 aliphatic heterocycles. The number of carbonyl (C=O) groups excluding carboxylic acids is 1. The fourth-order valence-corrected chi connectivity index (χ4v) is 4.64. The molecule has 0 saturated carbocycles. The number of ether oxygens (including phenoxy) is 1. The third-order valence-electron chi connectivity index (χ3n) is 6.49. The van der Waals surface area contributed by atoms with E-state index in [1.807, 2.05) is 91.0 Å². The van der Waals surface area contributed by atoms with E-state index in [1.165, 1.54) is 0 Å². The number of nitrogens with zero attached hydrogens (tertiary/aromatic N) is 1. The zero-order chi connectivity index (χ0) is 25.6. The molecule has 0 radical (unpaired) electrons. The smallest absolute Gasteiger partial charge is 0.225 e. The summed E-state index contributed by atoms with van der Waals surface area (Å²) < 4.78 is 11.6. The maximum absolute atomic E-state index is 13.2. The quantitative estimate of drug-likeness (QED) is 0.287. The number of para-hydroxylation sites is 1. The second kappa shape index (κ2) is 11.1. The van der Waals surface area contributed by atoms with Crippen LogP contribution in [0.3, 0.4) is 0 Å². The number of aromatic nitrogens is 1. The lowest BCUT2D eigenvalue weighted by Crippen LogP contribution is -2.30. The minimum atomic E-state index is -0.347. The molecule has 6 nitrogen and oxygen atoms in total. The van der Waals surface area contributed by atoms with Crippen LogP contribution in [0.5, 0.6) is 5.75 Å². The van der Waals surface area contributed by atoms with Crippen molar-refractivity contribution < 1.29 is 19.1 Å². The molecule has 0 spiro atoms. The minimum absolute atomic E-state index is 0.0804. The number of hydrogen-bond acceptors (Lipinski definition) is 5. The van der Waals surface area contributed by atoms with E-state index in [-0.39, 0.29) is 30.9 Å². The molecule has 6 heteroatoms. The average Bonchev–Trinajstić information content (AvgIpc) is 3.36. The fourth-order valence-electron chi connectivity index (χ4n) is 4.64. The van der Waals surface area contributed by atoms with Crippen LogP contribution in [0.25, 0.3) is 11.0 Å². The molecule has 0 bridgehead atoms. The summed E-state index contributed by atoms with van der Waals surface area (Å²) in [6, 6.07) is 28.6. The van der Waals surface area contributed by atoms with Crippen molar-refractivity contribution in [2.24, 2.45) is 0 Å². The minimum Gasteiger partial charge on any atom is -0.496 e. The number of rotatable bonds is 9. The first kappa shape index (κ1) is 24.3. The molecule has 0 aliphatic rings. The molecule has 3 aromatic carbocycles. The summed E-state index contributed by atoms with van der Waals surface area (Å²) in [5, 5.41) is 14.1. The summed E-state index contributed by atoms with van der Waals surface area (Å²) in [5.74, 6) is 1.00. The van der Waals surface area contributed by atoms with E-state index in [0.717, 1.165) is 33.4 Å². The Morgan fingerprint density at radius 1 is 0.946 bits per heavy atom. The molecule has 5 aromatic rings. The van der Waals surface area contributed by atoms with E-state index in [1.54, 1.807) is 19.5 Å². The topological polar surface area (TPSA) is 84.6 Å². The van der Waals surface area contributed by atoms with Crippen LogP contribution < -0.4 is 10.1 Å². The Kier molecular flexibility index (Phi) is 7.28. The standard InChI is InChI=1S/C31H28N2O4/c1-36-28-10-6-5-9-25(28)31(23-7-3-2-4-8-23)33-30(35)18-21-11-12-27-24(17-21)19-29(37-27)26(20-34)22-13-15-32-16-14-22/h2-17,19,26,31,34H,18,20H2,1H3,(H,33,35). The van der Waals surface area contributed by atoms with E-state index in [9.17, 15) is 9.90 Å².